The van der Waals surface area contributed by atoms with Crippen molar-refractivity contribution in [2.75, 3.05) is 0 Å². The lowest BCUT2D eigenvalue weighted by atomic mass is 10.1. The van der Waals surface area contributed by atoms with Gasteiger partial charge in [-0.2, -0.15) is 0 Å². The Morgan fingerprint density at radius 1 is 1.54 bits per heavy atom. The van der Waals surface area contributed by atoms with Crippen molar-refractivity contribution in [3.05, 3.63) is 33.9 Å². The zero-order chi connectivity index (χ0) is 10.0. The van der Waals surface area contributed by atoms with Crippen molar-refractivity contribution in [3.8, 4) is 5.75 Å². The summed E-state index contributed by atoms with van der Waals surface area (Å²) in [6, 6.07) is 3.10. The van der Waals surface area contributed by atoms with Crippen molar-refractivity contribution in [1.29, 1.82) is 0 Å². The van der Waals surface area contributed by atoms with Gasteiger partial charge in [-0.1, -0.05) is 0 Å². The quantitative estimate of drug-likeness (QED) is 0.509. The second-order valence-electron chi connectivity index (χ2n) is 2.32. The summed E-state index contributed by atoms with van der Waals surface area (Å²) in [6.45, 7) is 0. The molecule has 0 bridgehead atoms. The Bertz CT molecular complexity index is 375. The molecule has 0 aromatic heterocycles. The fraction of sp³-hybridized carbons (Fsp3) is 0. The molecule has 6 nitrogen and oxygen atoms in total. The fourth-order valence-corrected chi connectivity index (χ4v) is 0.881. The molecule has 0 heterocycles. The minimum absolute atomic E-state index is 0.237. The van der Waals surface area contributed by atoms with E-state index in [2.05, 4.69) is 0 Å². The van der Waals surface area contributed by atoms with Gasteiger partial charge in [-0.3, -0.25) is 14.9 Å². The predicted octanol–water partition coefficient (Wildman–Crippen LogP) is 0.399. The van der Waals surface area contributed by atoms with Gasteiger partial charge in [0, 0.05) is 6.07 Å². The maximum absolute atomic E-state index is 10.7. The van der Waals surface area contributed by atoms with E-state index in [1.54, 1.807) is 0 Å². The molecule has 68 valence electrons. The lowest BCUT2D eigenvalue weighted by Gasteiger charge is -1.98. The molecule has 1 amide bonds. The molecule has 6 heteroatoms. The van der Waals surface area contributed by atoms with E-state index in [1.165, 1.54) is 0 Å². The van der Waals surface area contributed by atoms with Crippen LogP contribution in [0, 0.1) is 10.1 Å². The molecule has 0 atom stereocenters. The Morgan fingerprint density at radius 2 is 2.15 bits per heavy atom. The summed E-state index contributed by atoms with van der Waals surface area (Å²) in [6.07, 6.45) is 0. The first-order chi connectivity index (χ1) is 6.02. The molecule has 1 aromatic carbocycles. The summed E-state index contributed by atoms with van der Waals surface area (Å²) in [5, 5.41) is 19.3. The zero-order valence-corrected chi connectivity index (χ0v) is 6.43. The van der Waals surface area contributed by atoms with Crippen molar-refractivity contribution in [2.45, 2.75) is 0 Å². The number of phenols is 1. The molecule has 1 aromatic rings. The van der Waals surface area contributed by atoms with Gasteiger partial charge in [0.25, 0.3) is 11.6 Å². The summed E-state index contributed by atoms with van der Waals surface area (Å²) >= 11 is 0. The molecule has 0 saturated carbocycles. The Morgan fingerprint density at radius 3 is 2.62 bits per heavy atom. The highest BCUT2D eigenvalue weighted by atomic mass is 16.6. The second-order valence-corrected chi connectivity index (χ2v) is 2.32. The monoisotopic (exact) mass is 182 g/mol. The first-order valence-corrected chi connectivity index (χ1v) is 3.29. The van der Waals surface area contributed by atoms with Crippen LogP contribution in [0.5, 0.6) is 5.75 Å². The molecule has 13 heavy (non-hydrogen) atoms. The third-order valence-corrected chi connectivity index (χ3v) is 1.44. The summed E-state index contributed by atoms with van der Waals surface area (Å²) in [5.41, 5.74) is 4.15. The number of nitro benzene ring substituents is 1. The third kappa shape index (κ3) is 1.73. The number of amides is 1. The molecule has 0 aliphatic carbocycles. The highest BCUT2D eigenvalue weighted by Crippen LogP contribution is 2.22. The Kier molecular flexibility index (Phi) is 2.14. The van der Waals surface area contributed by atoms with Gasteiger partial charge in [-0.15, -0.1) is 0 Å². The van der Waals surface area contributed by atoms with Gasteiger partial charge >= 0.3 is 0 Å². The highest BCUT2D eigenvalue weighted by Gasteiger charge is 2.17. The first kappa shape index (κ1) is 8.98. The van der Waals surface area contributed by atoms with Crippen LogP contribution in [0.15, 0.2) is 18.2 Å². The Balaban J connectivity index is 3.35. The minimum atomic E-state index is -0.942. The van der Waals surface area contributed by atoms with Crippen LogP contribution in [0.4, 0.5) is 5.69 Å². The summed E-state index contributed by atoms with van der Waals surface area (Å²) in [5.74, 6) is -1.18. The average molecular weight is 182 g/mol. The number of nitrogens with two attached hydrogens (primary N) is 1. The molecule has 0 fully saturated rings. The molecule has 1 rings (SSSR count). The van der Waals surface area contributed by atoms with Crippen LogP contribution < -0.4 is 5.73 Å². The van der Waals surface area contributed by atoms with E-state index < -0.39 is 16.5 Å². The maximum Gasteiger partial charge on any atom is 0.282 e. The first-order valence-electron chi connectivity index (χ1n) is 3.29. The molecule has 0 spiro atoms. The van der Waals surface area contributed by atoms with Crippen LogP contribution in [-0.2, 0) is 0 Å². The Hall–Kier alpha value is -2.11. The van der Waals surface area contributed by atoms with E-state index >= 15 is 0 Å². The average Bonchev–Trinajstić information content (AvgIpc) is 2.03. The van der Waals surface area contributed by atoms with Gasteiger partial charge in [0.15, 0.2) is 0 Å². The van der Waals surface area contributed by atoms with Crippen LogP contribution in [0.1, 0.15) is 10.4 Å². The van der Waals surface area contributed by atoms with Crippen LogP contribution in [0.3, 0.4) is 0 Å². The number of nitrogens with zero attached hydrogens (tertiary/aromatic N) is 1. The van der Waals surface area contributed by atoms with Gasteiger partial charge in [0.2, 0.25) is 0 Å². The number of phenolic OH excluding ortho intramolecular Hbond substituents is 1. The number of primary amides is 1. The van der Waals surface area contributed by atoms with Crippen molar-refractivity contribution in [2.24, 2.45) is 5.73 Å². The van der Waals surface area contributed by atoms with Crippen molar-refractivity contribution < 1.29 is 14.8 Å². The van der Waals surface area contributed by atoms with Crippen molar-refractivity contribution >= 4 is 11.6 Å². The molecule has 0 unspecified atom stereocenters. The largest absolute Gasteiger partial charge is 0.508 e. The van der Waals surface area contributed by atoms with E-state index in [0.717, 1.165) is 18.2 Å². The standard InChI is InChI=1S/C7H6N2O4/c8-7(11)5-3-4(10)1-2-6(5)9(12)13/h1-3,10H,(H2,8,11). The number of nitro groups is 1. The lowest BCUT2D eigenvalue weighted by molar-refractivity contribution is -0.385. The van der Waals surface area contributed by atoms with Gasteiger partial charge in [-0.25, -0.2) is 0 Å². The number of carbonyl (C=O) groups is 1. The molecule has 0 radical (unpaired) electrons. The van der Waals surface area contributed by atoms with Crippen LogP contribution in [0.2, 0.25) is 0 Å². The number of hydrogen-bond acceptors (Lipinski definition) is 4. The van der Waals surface area contributed by atoms with Crippen LogP contribution in [-0.4, -0.2) is 15.9 Å². The van der Waals surface area contributed by atoms with Gasteiger partial charge in [0.1, 0.15) is 11.3 Å². The van der Waals surface area contributed by atoms with Gasteiger partial charge < -0.3 is 10.8 Å². The summed E-state index contributed by atoms with van der Waals surface area (Å²) < 4.78 is 0. The van der Waals surface area contributed by atoms with Gasteiger partial charge in [0.05, 0.1) is 4.92 Å². The Labute approximate surface area is 72.7 Å². The SMILES string of the molecule is NC(=O)c1cc(O)ccc1[N+](=O)[O-]. The maximum atomic E-state index is 10.7. The number of carbonyl (C=O) groups excluding carboxylic acids is 1. The van der Waals surface area contributed by atoms with Crippen LogP contribution in [0.25, 0.3) is 0 Å². The smallest absolute Gasteiger partial charge is 0.282 e. The number of rotatable bonds is 2. The molecular formula is C7H6N2O4. The predicted molar refractivity (Wildman–Crippen MR) is 43.3 cm³/mol. The minimum Gasteiger partial charge on any atom is -0.508 e. The normalized spacial score (nSPS) is 9.54. The molecule has 0 saturated heterocycles. The zero-order valence-electron chi connectivity index (χ0n) is 6.43. The number of aromatic hydroxyl groups is 1. The topological polar surface area (TPSA) is 106 Å². The summed E-state index contributed by atoms with van der Waals surface area (Å²) in [4.78, 5) is 20.3. The number of hydrogen-bond donors (Lipinski definition) is 2. The number of benzene rings is 1. The molecular weight excluding hydrogens is 176 g/mol. The molecule has 3 N–H and O–H groups in total. The van der Waals surface area contributed by atoms with E-state index in [0.29, 0.717) is 0 Å². The van der Waals surface area contributed by atoms with Gasteiger partial charge in [-0.05, 0) is 12.1 Å². The van der Waals surface area contributed by atoms with E-state index in [4.69, 9.17) is 10.8 Å². The summed E-state index contributed by atoms with van der Waals surface area (Å²) in [7, 11) is 0. The molecule has 0 aliphatic heterocycles. The lowest BCUT2D eigenvalue weighted by Crippen LogP contribution is -2.13. The van der Waals surface area contributed by atoms with Crippen molar-refractivity contribution in [3.63, 3.8) is 0 Å². The highest BCUT2D eigenvalue weighted by molar-refractivity contribution is 5.97. The molecule has 0 aliphatic rings. The van der Waals surface area contributed by atoms with E-state index in [1.807, 2.05) is 0 Å². The van der Waals surface area contributed by atoms with Crippen molar-refractivity contribution in [1.82, 2.24) is 0 Å². The van der Waals surface area contributed by atoms with E-state index in [-0.39, 0.29) is 11.3 Å². The fourth-order valence-electron chi connectivity index (χ4n) is 0.881. The third-order valence-electron chi connectivity index (χ3n) is 1.44. The van der Waals surface area contributed by atoms with Crippen LogP contribution >= 0.6 is 0 Å². The van der Waals surface area contributed by atoms with E-state index in [9.17, 15) is 14.9 Å². The second kappa shape index (κ2) is 3.10.